The molecule has 0 bridgehead atoms. The first-order valence-electron chi connectivity index (χ1n) is 5.18. The quantitative estimate of drug-likeness (QED) is 0.623. The lowest BCUT2D eigenvalue weighted by Crippen LogP contribution is -1.97. The Kier molecular flexibility index (Phi) is 2.98. The van der Waals surface area contributed by atoms with Crippen molar-refractivity contribution in [3.05, 3.63) is 47.5 Å². The van der Waals surface area contributed by atoms with Crippen molar-refractivity contribution in [1.29, 1.82) is 5.26 Å². The summed E-state index contributed by atoms with van der Waals surface area (Å²) < 4.78 is 0. The second-order valence-corrected chi connectivity index (χ2v) is 3.73. The van der Waals surface area contributed by atoms with Crippen LogP contribution in [0.1, 0.15) is 5.56 Å². The summed E-state index contributed by atoms with van der Waals surface area (Å²) in [5.74, 6) is -1.26. The van der Waals surface area contributed by atoms with Crippen LogP contribution in [0.15, 0.2) is 42.0 Å². The highest BCUT2D eigenvalue weighted by atomic mass is 16.4. The topological polar surface area (TPSA) is 81.3 Å². The Bertz CT molecular complexity index is 696. The van der Waals surface area contributed by atoms with Gasteiger partial charge in [0, 0.05) is 0 Å². The van der Waals surface area contributed by atoms with Crippen LogP contribution in [0, 0.1) is 11.3 Å². The zero-order valence-corrected chi connectivity index (χ0v) is 9.29. The minimum absolute atomic E-state index is 0.0302. The number of benzene rings is 2. The van der Waals surface area contributed by atoms with E-state index in [-0.39, 0.29) is 11.3 Å². The molecule has 4 nitrogen and oxygen atoms in total. The van der Waals surface area contributed by atoms with Crippen molar-refractivity contribution in [3.8, 4) is 11.8 Å². The lowest BCUT2D eigenvalue weighted by atomic mass is 10.0. The first-order chi connectivity index (χ1) is 8.61. The number of fused-ring (bicyclic) bond motifs is 1. The van der Waals surface area contributed by atoms with Crippen LogP contribution >= 0.6 is 0 Å². The molecule has 0 saturated carbocycles. The van der Waals surface area contributed by atoms with Crippen LogP contribution in [0.25, 0.3) is 16.8 Å². The molecule has 0 heterocycles. The second kappa shape index (κ2) is 4.60. The van der Waals surface area contributed by atoms with Crippen LogP contribution in [-0.4, -0.2) is 16.2 Å². The van der Waals surface area contributed by atoms with E-state index in [1.165, 1.54) is 12.1 Å². The molecule has 0 spiro atoms. The van der Waals surface area contributed by atoms with Crippen LogP contribution in [0.4, 0.5) is 0 Å². The molecule has 0 aliphatic heterocycles. The molecule has 2 aromatic rings. The molecule has 0 aromatic heterocycles. The number of nitriles is 1. The zero-order valence-electron chi connectivity index (χ0n) is 9.29. The van der Waals surface area contributed by atoms with Gasteiger partial charge in [0.15, 0.2) is 0 Å². The fraction of sp³-hybridized carbons (Fsp3) is 0. The number of hydrogen-bond acceptors (Lipinski definition) is 3. The fourth-order valence-electron chi connectivity index (χ4n) is 1.74. The van der Waals surface area contributed by atoms with Gasteiger partial charge in [-0.15, -0.1) is 0 Å². The second-order valence-electron chi connectivity index (χ2n) is 3.73. The monoisotopic (exact) mass is 239 g/mol. The lowest BCUT2D eigenvalue weighted by molar-refractivity contribution is -0.132. The van der Waals surface area contributed by atoms with E-state index in [1.807, 2.05) is 12.1 Å². The maximum atomic E-state index is 10.8. The Morgan fingerprint density at radius 2 is 2.00 bits per heavy atom. The third-order valence-corrected chi connectivity index (χ3v) is 2.53. The summed E-state index contributed by atoms with van der Waals surface area (Å²) >= 11 is 0. The number of nitrogens with zero attached hydrogens (tertiary/aromatic N) is 1. The van der Waals surface area contributed by atoms with Crippen LogP contribution in [0.3, 0.4) is 0 Å². The molecule has 4 heteroatoms. The molecule has 0 saturated heterocycles. The van der Waals surface area contributed by atoms with Crippen molar-refractivity contribution in [2.75, 3.05) is 0 Å². The number of carbonyl (C=O) groups is 1. The van der Waals surface area contributed by atoms with Crippen molar-refractivity contribution in [2.24, 2.45) is 0 Å². The Balaban J connectivity index is 2.72. The number of carboxylic acid groups (broad SMARTS) is 1. The van der Waals surface area contributed by atoms with Gasteiger partial charge in [0.25, 0.3) is 0 Å². The molecule has 0 atom stereocenters. The van der Waals surface area contributed by atoms with Crippen molar-refractivity contribution in [3.63, 3.8) is 0 Å². The van der Waals surface area contributed by atoms with E-state index in [2.05, 4.69) is 0 Å². The van der Waals surface area contributed by atoms with Gasteiger partial charge in [-0.05, 0) is 34.5 Å². The summed E-state index contributed by atoms with van der Waals surface area (Å²) in [7, 11) is 0. The molecule has 18 heavy (non-hydrogen) atoms. The molecular formula is C14H9NO3. The Morgan fingerprint density at radius 3 is 2.67 bits per heavy atom. The lowest BCUT2D eigenvalue weighted by Gasteiger charge is -2.04. The van der Waals surface area contributed by atoms with Crippen LogP contribution in [-0.2, 0) is 4.79 Å². The van der Waals surface area contributed by atoms with Gasteiger partial charge in [0.1, 0.15) is 17.4 Å². The number of carboxylic acids is 1. The molecule has 0 aliphatic rings. The summed E-state index contributed by atoms with van der Waals surface area (Å²) in [6.07, 6.45) is 1.25. The first kappa shape index (κ1) is 11.7. The van der Waals surface area contributed by atoms with Crippen molar-refractivity contribution >= 4 is 22.8 Å². The van der Waals surface area contributed by atoms with E-state index in [1.54, 1.807) is 24.3 Å². The molecule has 0 unspecified atom stereocenters. The number of phenols is 1. The highest BCUT2D eigenvalue weighted by Crippen LogP contribution is 2.26. The molecular weight excluding hydrogens is 230 g/mol. The molecule has 0 aliphatic carbocycles. The van der Waals surface area contributed by atoms with Gasteiger partial charge in [-0.2, -0.15) is 5.26 Å². The van der Waals surface area contributed by atoms with Crippen LogP contribution < -0.4 is 0 Å². The number of aliphatic carboxylic acids is 1. The number of aromatic hydroxyl groups is 1. The fourth-order valence-corrected chi connectivity index (χ4v) is 1.74. The Hall–Kier alpha value is -2.80. The van der Waals surface area contributed by atoms with Gasteiger partial charge in [-0.3, -0.25) is 0 Å². The van der Waals surface area contributed by atoms with E-state index >= 15 is 0 Å². The van der Waals surface area contributed by atoms with Gasteiger partial charge in [0.05, 0.1) is 0 Å². The highest BCUT2D eigenvalue weighted by Gasteiger charge is 2.08. The van der Waals surface area contributed by atoms with E-state index in [0.717, 1.165) is 10.8 Å². The molecule has 2 aromatic carbocycles. The van der Waals surface area contributed by atoms with Crippen molar-refractivity contribution < 1.29 is 15.0 Å². The minimum Gasteiger partial charge on any atom is -0.508 e. The van der Waals surface area contributed by atoms with E-state index in [4.69, 9.17) is 10.4 Å². The standard InChI is InChI=1S/C14H9NO3/c15-8-11(14(17)18)5-10-7-12(16)6-9-3-1-2-4-13(9)10/h1-7,16H,(H,17,18)/b11-5+. The van der Waals surface area contributed by atoms with E-state index in [9.17, 15) is 9.90 Å². The number of hydrogen-bond donors (Lipinski definition) is 2. The van der Waals surface area contributed by atoms with Gasteiger partial charge in [-0.1, -0.05) is 24.3 Å². The van der Waals surface area contributed by atoms with E-state index < -0.39 is 5.97 Å². The molecule has 88 valence electrons. The first-order valence-corrected chi connectivity index (χ1v) is 5.18. The molecule has 0 fully saturated rings. The minimum atomic E-state index is -1.29. The maximum absolute atomic E-state index is 10.8. The summed E-state index contributed by atoms with van der Waals surface area (Å²) in [4.78, 5) is 10.8. The molecule has 2 rings (SSSR count). The Labute approximate surface area is 103 Å². The predicted octanol–water partition coefficient (Wildman–Crippen LogP) is 2.54. The average Bonchev–Trinajstić information content (AvgIpc) is 2.35. The average molecular weight is 239 g/mol. The smallest absolute Gasteiger partial charge is 0.346 e. The van der Waals surface area contributed by atoms with Gasteiger partial charge in [-0.25, -0.2) is 4.79 Å². The molecule has 0 radical (unpaired) electrons. The molecule has 0 amide bonds. The maximum Gasteiger partial charge on any atom is 0.346 e. The van der Waals surface area contributed by atoms with Crippen molar-refractivity contribution in [1.82, 2.24) is 0 Å². The summed E-state index contributed by atoms with van der Waals surface area (Å²) in [6, 6.07) is 11.9. The number of phenolic OH excluding ortho intramolecular Hbond substituents is 1. The van der Waals surface area contributed by atoms with Gasteiger partial charge >= 0.3 is 5.97 Å². The highest BCUT2D eigenvalue weighted by molar-refractivity contribution is 6.00. The zero-order chi connectivity index (χ0) is 13.1. The summed E-state index contributed by atoms with van der Waals surface area (Å²) in [6.45, 7) is 0. The largest absolute Gasteiger partial charge is 0.508 e. The Morgan fingerprint density at radius 1 is 1.28 bits per heavy atom. The third kappa shape index (κ3) is 2.15. The summed E-state index contributed by atoms with van der Waals surface area (Å²) in [5, 5.41) is 28.7. The van der Waals surface area contributed by atoms with Gasteiger partial charge in [0.2, 0.25) is 0 Å². The molecule has 2 N–H and O–H groups in total. The number of rotatable bonds is 2. The SMILES string of the molecule is N#C/C(=C\c1cc(O)cc2ccccc12)C(=O)O. The van der Waals surface area contributed by atoms with Crippen LogP contribution in [0.5, 0.6) is 5.75 Å². The third-order valence-electron chi connectivity index (χ3n) is 2.53. The summed E-state index contributed by atoms with van der Waals surface area (Å²) in [5.41, 5.74) is 0.135. The normalized spacial score (nSPS) is 11.2. The van der Waals surface area contributed by atoms with Crippen LogP contribution in [0.2, 0.25) is 0 Å². The predicted molar refractivity (Wildman–Crippen MR) is 66.8 cm³/mol. The van der Waals surface area contributed by atoms with Crippen molar-refractivity contribution in [2.45, 2.75) is 0 Å². The van der Waals surface area contributed by atoms with Gasteiger partial charge < -0.3 is 10.2 Å². The van der Waals surface area contributed by atoms with E-state index in [0.29, 0.717) is 5.56 Å².